The van der Waals surface area contributed by atoms with E-state index in [2.05, 4.69) is 37.9 Å². The first-order valence-electron chi connectivity index (χ1n) is 10.00. The molecule has 2 heterocycles. The maximum atomic E-state index is 11.9. The lowest BCUT2D eigenvalue weighted by molar-refractivity contribution is -0.137. The Balaban J connectivity index is 1.54. The number of ether oxygens (including phenoxy) is 1. The number of fused-ring (bicyclic) bond motifs is 1. The summed E-state index contributed by atoms with van der Waals surface area (Å²) in [5.74, 6) is -1.40. The molecule has 0 saturated heterocycles. The summed E-state index contributed by atoms with van der Waals surface area (Å²) in [7, 11) is 0. The van der Waals surface area contributed by atoms with Crippen molar-refractivity contribution >= 4 is 62.9 Å². The van der Waals surface area contributed by atoms with E-state index in [1.54, 1.807) is 54.7 Å². The largest absolute Gasteiger partial charge is 0.480 e. The summed E-state index contributed by atoms with van der Waals surface area (Å²) in [6.07, 6.45) is 1.78. The lowest BCUT2D eigenvalue weighted by atomic mass is 10.0. The van der Waals surface area contributed by atoms with Crippen molar-refractivity contribution in [3.05, 3.63) is 86.6 Å². The molecule has 172 valence electrons. The Morgan fingerprint density at radius 2 is 1.82 bits per heavy atom. The highest BCUT2D eigenvalue weighted by Gasteiger charge is 2.22. The van der Waals surface area contributed by atoms with Gasteiger partial charge in [-0.1, -0.05) is 23.7 Å². The first-order valence-corrected chi connectivity index (χ1v) is 11.5. The number of hydrogen-bond donors (Lipinski definition) is 3. The maximum absolute atomic E-state index is 11.9. The number of anilines is 1. The molecule has 10 heteroatoms. The third-order valence-corrected chi connectivity index (χ3v) is 5.78. The van der Waals surface area contributed by atoms with E-state index < -0.39 is 18.0 Å². The van der Waals surface area contributed by atoms with Crippen LogP contribution in [0.3, 0.4) is 0 Å². The molecule has 0 aliphatic carbocycles. The third kappa shape index (κ3) is 5.72. The van der Waals surface area contributed by atoms with Crippen LogP contribution < -0.4 is 10.1 Å². The Bertz CT molecular complexity index is 1360. The number of nitrogens with one attached hydrogen (secondary N) is 1. The number of rotatable bonds is 8. The molecule has 0 bridgehead atoms. The molecule has 0 radical (unpaired) electrons. The van der Waals surface area contributed by atoms with Crippen molar-refractivity contribution in [2.75, 3.05) is 5.32 Å². The molecule has 1 atom stereocenters. The normalized spacial score (nSPS) is 11.7. The molecule has 0 saturated carbocycles. The molecular formula is C24H17ClIN3O5. The summed E-state index contributed by atoms with van der Waals surface area (Å²) < 4.78 is 6.69. The molecule has 0 amide bonds. The number of carbonyl (C=O) groups is 2. The van der Waals surface area contributed by atoms with Crippen LogP contribution in [-0.2, 0) is 11.2 Å². The predicted octanol–water partition coefficient (Wildman–Crippen LogP) is 5.49. The van der Waals surface area contributed by atoms with E-state index in [4.69, 9.17) is 16.3 Å². The molecular weight excluding hydrogens is 573 g/mol. The number of carboxylic acids is 2. The summed E-state index contributed by atoms with van der Waals surface area (Å²) in [6.45, 7) is 0. The Labute approximate surface area is 212 Å². The fourth-order valence-corrected chi connectivity index (χ4v) is 3.76. The smallest absolute Gasteiger partial charge is 0.339 e. The van der Waals surface area contributed by atoms with Crippen LogP contribution in [-0.4, -0.2) is 38.2 Å². The van der Waals surface area contributed by atoms with Gasteiger partial charge in [0.25, 0.3) is 0 Å². The van der Waals surface area contributed by atoms with Gasteiger partial charge in [-0.05, 0) is 70.6 Å². The molecule has 0 fully saturated rings. The average Bonchev–Trinajstić information content (AvgIpc) is 2.80. The lowest BCUT2D eigenvalue weighted by Crippen LogP contribution is -2.32. The standard InChI is InChI=1S/C24H17ClIN3O5/c25-15-3-7-19-14(10-15)11-18(23(30)31)22(28-19)29-20(24(32)33)9-13-1-5-17(6-2-13)34-21-8-4-16(26)12-27-21/h1-8,10-12,20H,9H2,(H,28,29)(H,30,31)(H,32,33). The maximum Gasteiger partial charge on any atom is 0.339 e. The van der Waals surface area contributed by atoms with Gasteiger partial charge in [0.15, 0.2) is 0 Å². The quantitative estimate of drug-likeness (QED) is 0.231. The Hall–Kier alpha value is -3.44. The van der Waals surface area contributed by atoms with Gasteiger partial charge in [0.05, 0.1) is 5.52 Å². The Kier molecular flexibility index (Phi) is 7.13. The molecule has 0 aliphatic heterocycles. The summed E-state index contributed by atoms with van der Waals surface area (Å²) >= 11 is 8.14. The second kappa shape index (κ2) is 10.2. The molecule has 0 spiro atoms. The Morgan fingerprint density at radius 1 is 1.06 bits per heavy atom. The van der Waals surface area contributed by atoms with Crippen molar-refractivity contribution in [2.45, 2.75) is 12.5 Å². The molecule has 0 aliphatic rings. The first kappa shape index (κ1) is 23.7. The molecule has 3 N–H and O–H groups in total. The number of nitrogens with zero attached hydrogens (tertiary/aromatic N) is 2. The van der Waals surface area contributed by atoms with Gasteiger partial charge < -0.3 is 20.3 Å². The van der Waals surface area contributed by atoms with Gasteiger partial charge in [0.1, 0.15) is 23.2 Å². The number of pyridine rings is 2. The van der Waals surface area contributed by atoms with Crippen LogP contribution in [0.15, 0.2) is 66.9 Å². The second-order valence-corrected chi connectivity index (χ2v) is 9.01. The number of hydrogen-bond acceptors (Lipinski definition) is 6. The molecule has 1 unspecified atom stereocenters. The fourth-order valence-electron chi connectivity index (χ4n) is 3.26. The van der Waals surface area contributed by atoms with E-state index in [0.29, 0.717) is 33.1 Å². The SMILES string of the molecule is O=C(O)c1cc2cc(Cl)ccc2nc1NC(Cc1ccc(Oc2ccc(I)cn2)cc1)C(=O)O. The summed E-state index contributed by atoms with van der Waals surface area (Å²) in [5, 5.41) is 23.1. The zero-order chi connectivity index (χ0) is 24.2. The van der Waals surface area contributed by atoms with Gasteiger partial charge in [0, 0.05) is 32.7 Å². The number of halogens is 2. The van der Waals surface area contributed by atoms with Crippen molar-refractivity contribution in [1.82, 2.24) is 9.97 Å². The average molecular weight is 590 g/mol. The van der Waals surface area contributed by atoms with Crippen LogP contribution in [0, 0.1) is 3.57 Å². The zero-order valence-corrected chi connectivity index (χ0v) is 20.3. The number of aromatic nitrogens is 2. The molecule has 34 heavy (non-hydrogen) atoms. The van der Waals surface area contributed by atoms with Gasteiger partial charge in [-0.3, -0.25) is 0 Å². The number of aromatic carboxylic acids is 1. The monoisotopic (exact) mass is 589 g/mol. The topological polar surface area (TPSA) is 122 Å². The molecule has 8 nitrogen and oxygen atoms in total. The van der Waals surface area contributed by atoms with Crippen LogP contribution in [0.2, 0.25) is 5.02 Å². The van der Waals surface area contributed by atoms with E-state index in [9.17, 15) is 19.8 Å². The molecule has 2 aromatic carbocycles. The van der Waals surface area contributed by atoms with Crippen LogP contribution >= 0.6 is 34.2 Å². The van der Waals surface area contributed by atoms with Crippen LogP contribution in [0.4, 0.5) is 5.82 Å². The van der Waals surface area contributed by atoms with Crippen LogP contribution in [0.1, 0.15) is 15.9 Å². The van der Waals surface area contributed by atoms with Crippen LogP contribution in [0.5, 0.6) is 11.6 Å². The van der Waals surface area contributed by atoms with Gasteiger partial charge in [-0.2, -0.15) is 0 Å². The van der Waals surface area contributed by atoms with Gasteiger partial charge in [-0.15, -0.1) is 0 Å². The fraction of sp³-hybridized carbons (Fsp3) is 0.0833. The van der Waals surface area contributed by atoms with Crippen molar-refractivity contribution in [3.63, 3.8) is 0 Å². The highest BCUT2D eigenvalue weighted by atomic mass is 127. The second-order valence-electron chi connectivity index (χ2n) is 7.33. The predicted molar refractivity (Wildman–Crippen MR) is 136 cm³/mol. The van der Waals surface area contributed by atoms with Crippen molar-refractivity contribution in [3.8, 4) is 11.6 Å². The minimum atomic E-state index is -1.23. The zero-order valence-electron chi connectivity index (χ0n) is 17.4. The van der Waals surface area contributed by atoms with E-state index >= 15 is 0 Å². The van der Waals surface area contributed by atoms with E-state index in [0.717, 1.165) is 3.57 Å². The van der Waals surface area contributed by atoms with E-state index in [1.807, 2.05) is 6.07 Å². The van der Waals surface area contributed by atoms with Crippen molar-refractivity contribution in [1.29, 1.82) is 0 Å². The number of aliphatic carboxylic acids is 1. The lowest BCUT2D eigenvalue weighted by Gasteiger charge is -2.17. The van der Waals surface area contributed by atoms with Gasteiger partial charge >= 0.3 is 11.9 Å². The summed E-state index contributed by atoms with van der Waals surface area (Å²) in [5.41, 5.74) is 1.06. The first-order chi connectivity index (χ1) is 16.3. The van der Waals surface area contributed by atoms with E-state index in [1.165, 1.54) is 6.07 Å². The third-order valence-electron chi connectivity index (χ3n) is 4.90. The Morgan fingerprint density at radius 3 is 2.47 bits per heavy atom. The highest BCUT2D eigenvalue weighted by Crippen LogP contribution is 2.25. The molecule has 4 aromatic rings. The van der Waals surface area contributed by atoms with E-state index in [-0.39, 0.29) is 17.8 Å². The minimum Gasteiger partial charge on any atom is -0.480 e. The summed E-state index contributed by atoms with van der Waals surface area (Å²) in [4.78, 5) is 32.2. The van der Waals surface area contributed by atoms with Gasteiger partial charge in [-0.25, -0.2) is 19.6 Å². The molecule has 4 rings (SSSR count). The van der Waals surface area contributed by atoms with Gasteiger partial charge in [0.2, 0.25) is 5.88 Å². The van der Waals surface area contributed by atoms with Crippen molar-refractivity contribution < 1.29 is 24.5 Å². The van der Waals surface area contributed by atoms with Crippen LogP contribution in [0.25, 0.3) is 10.9 Å². The number of carboxylic acid groups (broad SMARTS) is 2. The summed E-state index contributed by atoms with van der Waals surface area (Å²) in [6, 6.07) is 15.7. The highest BCUT2D eigenvalue weighted by molar-refractivity contribution is 14.1. The number of benzene rings is 2. The van der Waals surface area contributed by atoms with Crippen molar-refractivity contribution in [2.24, 2.45) is 0 Å². The molecule has 2 aromatic heterocycles. The minimum absolute atomic E-state index is 0.0283.